The molecule has 1 unspecified atom stereocenters. The van der Waals surface area contributed by atoms with E-state index in [1.54, 1.807) is 24.2 Å². The summed E-state index contributed by atoms with van der Waals surface area (Å²) in [6.45, 7) is 4.38. The first-order chi connectivity index (χ1) is 7.02. The highest BCUT2D eigenvalue weighted by molar-refractivity contribution is 7.99. The molecular formula is C11H16N2OS. The molecule has 1 aliphatic heterocycles. The molecule has 1 saturated heterocycles. The molecule has 2 rings (SSSR count). The van der Waals surface area contributed by atoms with Gasteiger partial charge in [-0.3, -0.25) is 0 Å². The Morgan fingerprint density at radius 2 is 1.93 bits per heavy atom. The molecule has 2 heterocycles. The summed E-state index contributed by atoms with van der Waals surface area (Å²) in [5.41, 5.74) is 0.256. The number of rotatable bonds is 1. The Kier molecular flexibility index (Phi) is 2.73. The van der Waals surface area contributed by atoms with Gasteiger partial charge in [0, 0.05) is 23.7 Å². The molecule has 4 heteroatoms. The minimum Gasteiger partial charge on any atom is -0.384 e. The van der Waals surface area contributed by atoms with Crippen molar-refractivity contribution in [1.29, 1.82) is 0 Å². The Bertz CT molecular complexity index is 342. The van der Waals surface area contributed by atoms with Crippen LogP contribution in [0.3, 0.4) is 0 Å². The highest BCUT2D eigenvalue weighted by atomic mass is 32.2. The third-order valence-electron chi connectivity index (χ3n) is 2.70. The van der Waals surface area contributed by atoms with Crippen molar-refractivity contribution in [3.05, 3.63) is 24.3 Å². The van der Waals surface area contributed by atoms with Gasteiger partial charge in [0.15, 0.2) is 0 Å². The zero-order chi connectivity index (χ0) is 10.9. The summed E-state index contributed by atoms with van der Waals surface area (Å²) in [5, 5.41) is 10.6. The molecule has 1 atom stereocenters. The molecule has 1 aromatic heterocycles. The maximum absolute atomic E-state index is 10.6. The summed E-state index contributed by atoms with van der Waals surface area (Å²) in [6, 6.07) is 0. The van der Waals surface area contributed by atoms with Crippen molar-refractivity contribution in [2.45, 2.75) is 25.9 Å². The number of thioether (sulfide) groups is 1. The third kappa shape index (κ3) is 2.32. The molecule has 0 amide bonds. The van der Waals surface area contributed by atoms with Crippen LogP contribution in [0, 0.1) is 5.41 Å². The maximum Gasteiger partial charge on any atom is 0.115 e. The van der Waals surface area contributed by atoms with Gasteiger partial charge in [-0.15, -0.1) is 0 Å². The van der Waals surface area contributed by atoms with Crippen LogP contribution in [0.4, 0.5) is 0 Å². The van der Waals surface area contributed by atoms with Crippen LogP contribution in [-0.4, -0.2) is 26.6 Å². The fraction of sp³-hybridized carbons (Fsp3) is 0.636. The quantitative estimate of drug-likeness (QED) is 0.790. The van der Waals surface area contributed by atoms with Crippen LogP contribution in [0.1, 0.15) is 25.8 Å². The molecule has 0 aliphatic carbocycles. The highest BCUT2D eigenvalue weighted by Crippen LogP contribution is 2.43. The van der Waals surface area contributed by atoms with Gasteiger partial charge in [0.2, 0.25) is 0 Å². The van der Waals surface area contributed by atoms with E-state index < -0.39 is 5.60 Å². The molecule has 3 nitrogen and oxygen atoms in total. The maximum atomic E-state index is 10.6. The van der Waals surface area contributed by atoms with Crippen LogP contribution in [0.15, 0.2) is 18.7 Å². The zero-order valence-electron chi connectivity index (χ0n) is 9.10. The Hall–Kier alpha value is -0.610. The number of hydrogen-bond donors (Lipinski definition) is 1. The standard InChI is InChI=1S/C11H16N2OS/c1-10(2)5-11(14,7-15-6-10)9-3-12-8-13-4-9/h3-4,8,14H,5-7H2,1-2H3. The molecule has 15 heavy (non-hydrogen) atoms. The molecule has 1 aromatic rings. The van der Waals surface area contributed by atoms with Gasteiger partial charge in [0.1, 0.15) is 11.9 Å². The van der Waals surface area contributed by atoms with Crippen molar-refractivity contribution in [2.24, 2.45) is 5.41 Å². The van der Waals surface area contributed by atoms with Crippen molar-refractivity contribution in [3.63, 3.8) is 0 Å². The first kappa shape index (κ1) is 10.9. The van der Waals surface area contributed by atoms with E-state index in [0.717, 1.165) is 23.5 Å². The van der Waals surface area contributed by atoms with Crippen LogP contribution in [-0.2, 0) is 5.60 Å². The molecule has 0 bridgehead atoms. The van der Waals surface area contributed by atoms with Gasteiger partial charge in [-0.25, -0.2) is 9.97 Å². The van der Waals surface area contributed by atoms with Crippen molar-refractivity contribution in [2.75, 3.05) is 11.5 Å². The van der Waals surface area contributed by atoms with E-state index in [1.165, 1.54) is 6.33 Å². The number of aliphatic hydroxyl groups is 1. The molecule has 0 aromatic carbocycles. The smallest absolute Gasteiger partial charge is 0.115 e. The summed E-state index contributed by atoms with van der Waals surface area (Å²) in [5.74, 6) is 1.84. The Balaban J connectivity index is 2.27. The van der Waals surface area contributed by atoms with E-state index in [-0.39, 0.29) is 5.41 Å². The molecular weight excluding hydrogens is 208 g/mol. The van der Waals surface area contributed by atoms with Gasteiger partial charge in [-0.05, 0) is 17.6 Å². The van der Waals surface area contributed by atoms with Crippen molar-refractivity contribution < 1.29 is 5.11 Å². The first-order valence-corrected chi connectivity index (χ1v) is 6.23. The Labute approximate surface area is 94.3 Å². The fourth-order valence-electron chi connectivity index (χ4n) is 2.11. The third-order valence-corrected chi connectivity index (χ3v) is 4.37. The summed E-state index contributed by atoms with van der Waals surface area (Å²) < 4.78 is 0. The van der Waals surface area contributed by atoms with Gasteiger partial charge in [-0.2, -0.15) is 11.8 Å². The van der Waals surface area contributed by atoms with Gasteiger partial charge in [0.25, 0.3) is 0 Å². The van der Waals surface area contributed by atoms with Crippen molar-refractivity contribution in [3.8, 4) is 0 Å². The van der Waals surface area contributed by atoms with E-state index in [9.17, 15) is 5.11 Å². The number of nitrogens with zero attached hydrogens (tertiary/aromatic N) is 2. The van der Waals surface area contributed by atoms with Gasteiger partial charge in [0.05, 0.1) is 0 Å². The number of aromatic nitrogens is 2. The van der Waals surface area contributed by atoms with E-state index in [2.05, 4.69) is 23.8 Å². The van der Waals surface area contributed by atoms with Gasteiger partial charge >= 0.3 is 0 Å². The minimum atomic E-state index is -0.756. The predicted octanol–water partition coefficient (Wildman–Crippen LogP) is 1.83. The summed E-state index contributed by atoms with van der Waals surface area (Å²) in [4.78, 5) is 7.94. The lowest BCUT2D eigenvalue weighted by Crippen LogP contribution is -2.40. The van der Waals surface area contributed by atoms with Crippen molar-refractivity contribution >= 4 is 11.8 Å². The van der Waals surface area contributed by atoms with E-state index in [0.29, 0.717) is 0 Å². The SMILES string of the molecule is CC1(C)CSCC(O)(c2cncnc2)C1. The monoisotopic (exact) mass is 224 g/mol. The predicted molar refractivity (Wildman–Crippen MR) is 61.7 cm³/mol. The molecule has 0 spiro atoms. The van der Waals surface area contributed by atoms with Crippen LogP contribution in [0.2, 0.25) is 0 Å². The Morgan fingerprint density at radius 1 is 1.27 bits per heavy atom. The highest BCUT2D eigenvalue weighted by Gasteiger charge is 2.40. The molecule has 1 fully saturated rings. The van der Waals surface area contributed by atoms with E-state index in [1.807, 2.05) is 0 Å². The fourth-order valence-corrected chi connectivity index (χ4v) is 3.48. The lowest BCUT2D eigenvalue weighted by Gasteiger charge is -2.40. The molecule has 0 radical (unpaired) electrons. The lowest BCUT2D eigenvalue weighted by atomic mass is 9.79. The summed E-state index contributed by atoms with van der Waals surface area (Å²) >= 11 is 1.80. The van der Waals surface area contributed by atoms with Gasteiger partial charge in [-0.1, -0.05) is 13.8 Å². The molecule has 1 aliphatic rings. The second kappa shape index (κ2) is 3.76. The van der Waals surface area contributed by atoms with Crippen LogP contribution in [0.25, 0.3) is 0 Å². The topological polar surface area (TPSA) is 46.0 Å². The Morgan fingerprint density at radius 3 is 2.53 bits per heavy atom. The second-order valence-electron chi connectivity index (χ2n) is 4.99. The molecule has 0 saturated carbocycles. The summed E-state index contributed by atoms with van der Waals surface area (Å²) in [6.07, 6.45) is 5.71. The lowest BCUT2D eigenvalue weighted by molar-refractivity contribution is 0.0150. The normalized spacial score (nSPS) is 30.1. The van der Waals surface area contributed by atoms with E-state index in [4.69, 9.17) is 0 Å². The average Bonchev–Trinajstić information content (AvgIpc) is 2.17. The average molecular weight is 224 g/mol. The van der Waals surface area contributed by atoms with E-state index >= 15 is 0 Å². The minimum absolute atomic E-state index is 0.174. The zero-order valence-corrected chi connectivity index (χ0v) is 9.92. The van der Waals surface area contributed by atoms with Crippen LogP contribution in [0.5, 0.6) is 0 Å². The van der Waals surface area contributed by atoms with Crippen LogP contribution < -0.4 is 0 Å². The summed E-state index contributed by atoms with van der Waals surface area (Å²) in [7, 11) is 0. The van der Waals surface area contributed by atoms with Crippen molar-refractivity contribution in [1.82, 2.24) is 9.97 Å². The van der Waals surface area contributed by atoms with Crippen LogP contribution >= 0.6 is 11.8 Å². The van der Waals surface area contributed by atoms with Gasteiger partial charge < -0.3 is 5.11 Å². The molecule has 1 N–H and O–H groups in total. The number of hydrogen-bond acceptors (Lipinski definition) is 4. The second-order valence-corrected chi connectivity index (χ2v) is 5.98. The largest absolute Gasteiger partial charge is 0.384 e. The first-order valence-electron chi connectivity index (χ1n) is 5.08. The molecule has 82 valence electrons.